The Bertz CT molecular complexity index is 1430. The van der Waals surface area contributed by atoms with Crippen LogP contribution in [0.5, 0.6) is 5.88 Å². The van der Waals surface area contributed by atoms with Gasteiger partial charge < -0.3 is 15.4 Å². The van der Waals surface area contributed by atoms with Crippen molar-refractivity contribution in [1.29, 1.82) is 0 Å². The minimum absolute atomic E-state index is 0.00717. The highest BCUT2D eigenvalue weighted by molar-refractivity contribution is 7.90. The third-order valence-corrected chi connectivity index (χ3v) is 8.53. The van der Waals surface area contributed by atoms with Gasteiger partial charge in [0.2, 0.25) is 5.88 Å². The van der Waals surface area contributed by atoms with E-state index in [0.29, 0.717) is 22.8 Å². The number of anilines is 2. The number of nitrogen functional groups attached to an aromatic ring is 1. The average molecular weight is 537 g/mol. The lowest BCUT2D eigenvalue weighted by atomic mass is 9.63. The minimum Gasteiger partial charge on any atom is -0.475 e. The molecule has 0 bridgehead atoms. The molecule has 2 aliphatic rings. The summed E-state index contributed by atoms with van der Waals surface area (Å²) in [5, 5.41) is -0.323. The van der Waals surface area contributed by atoms with Crippen molar-refractivity contribution in [1.82, 2.24) is 19.7 Å². The number of amides is 1. The van der Waals surface area contributed by atoms with Crippen molar-refractivity contribution in [2.75, 3.05) is 23.7 Å². The molecule has 4 heterocycles. The number of nitrogens with one attached hydrogen (secondary N) is 1. The first-order valence-electron chi connectivity index (χ1n) is 12.8. The molecule has 1 aliphatic carbocycles. The molecule has 11 heteroatoms. The topological polar surface area (TPSA) is 140 Å². The summed E-state index contributed by atoms with van der Waals surface area (Å²) in [5.41, 5.74) is 7.61. The van der Waals surface area contributed by atoms with Crippen LogP contribution in [0.1, 0.15) is 56.3 Å². The van der Waals surface area contributed by atoms with E-state index in [1.54, 1.807) is 24.4 Å². The van der Waals surface area contributed by atoms with Crippen LogP contribution in [0, 0.1) is 5.41 Å². The normalized spacial score (nSPS) is 16.8. The van der Waals surface area contributed by atoms with Gasteiger partial charge in [-0.25, -0.2) is 19.7 Å². The quantitative estimate of drug-likeness (QED) is 0.461. The highest BCUT2D eigenvalue weighted by Crippen LogP contribution is 2.49. The van der Waals surface area contributed by atoms with E-state index in [2.05, 4.69) is 19.6 Å². The van der Waals surface area contributed by atoms with Gasteiger partial charge in [0, 0.05) is 30.9 Å². The van der Waals surface area contributed by atoms with Gasteiger partial charge in [-0.2, -0.15) is 8.42 Å². The van der Waals surface area contributed by atoms with E-state index in [0.717, 1.165) is 31.5 Å². The van der Waals surface area contributed by atoms with E-state index in [-0.39, 0.29) is 22.5 Å². The molecule has 0 unspecified atom stereocenters. The molecule has 0 atom stereocenters. The number of ether oxygens (including phenoxy) is 1. The Labute approximate surface area is 222 Å². The van der Waals surface area contributed by atoms with Crippen molar-refractivity contribution in [2.24, 2.45) is 5.41 Å². The molecule has 2 fully saturated rings. The third-order valence-electron chi connectivity index (χ3n) is 7.29. The predicted molar refractivity (Wildman–Crippen MR) is 144 cm³/mol. The number of aromatic nitrogens is 3. The van der Waals surface area contributed by atoms with Crippen LogP contribution >= 0.6 is 0 Å². The van der Waals surface area contributed by atoms with E-state index in [9.17, 15) is 13.2 Å². The summed E-state index contributed by atoms with van der Waals surface area (Å²) in [6.45, 7) is 5.37. The molecule has 1 saturated carbocycles. The Kier molecular flexibility index (Phi) is 6.95. The Hall–Kier alpha value is -3.73. The van der Waals surface area contributed by atoms with Gasteiger partial charge in [0.1, 0.15) is 11.6 Å². The van der Waals surface area contributed by atoms with Crippen molar-refractivity contribution >= 4 is 27.6 Å². The number of carbonyl (C=O) groups excluding carboxylic acids is 1. The molecule has 200 valence electrons. The summed E-state index contributed by atoms with van der Waals surface area (Å²) in [6, 6.07) is 11.2. The predicted octanol–water partition coefficient (Wildman–Crippen LogP) is 3.80. The second-order valence-corrected chi connectivity index (χ2v) is 11.9. The highest BCUT2D eigenvalue weighted by Gasteiger charge is 2.40. The maximum absolute atomic E-state index is 13.3. The van der Waals surface area contributed by atoms with Crippen molar-refractivity contribution < 1.29 is 17.9 Å². The third kappa shape index (κ3) is 5.42. The first-order chi connectivity index (χ1) is 18.1. The lowest BCUT2D eigenvalue weighted by molar-refractivity contribution is 0.0946. The number of piperidine rings is 1. The molecule has 5 rings (SSSR count). The maximum atomic E-state index is 13.3. The van der Waals surface area contributed by atoms with Gasteiger partial charge in [0.25, 0.3) is 15.9 Å². The van der Waals surface area contributed by atoms with Gasteiger partial charge in [0.05, 0.1) is 17.4 Å². The van der Waals surface area contributed by atoms with Gasteiger partial charge >= 0.3 is 0 Å². The van der Waals surface area contributed by atoms with Gasteiger partial charge in [-0.15, -0.1) is 0 Å². The van der Waals surface area contributed by atoms with Crippen LogP contribution in [0.4, 0.5) is 11.6 Å². The van der Waals surface area contributed by atoms with E-state index in [1.807, 2.05) is 19.9 Å². The minimum atomic E-state index is -4.23. The van der Waals surface area contributed by atoms with Gasteiger partial charge in [-0.3, -0.25) is 4.79 Å². The molecule has 1 saturated heterocycles. The van der Waals surface area contributed by atoms with E-state index in [4.69, 9.17) is 15.5 Å². The Morgan fingerprint density at radius 1 is 1.05 bits per heavy atom. The summed E-state index contributed by atoms with van der Waals surface area (Å²) in [5.74, 6) is 0.240. The smallest absolute Gasteiger partial charge is 0.281 e. The fourth-order valence-corrected chi connectivity index (χ4v) is 5.99. The number of pyridine rings is 3. The summed E-state index contributed by atoms with van der Waals surface area (Å²) in [6.07, 6.45) is 7.47. The van der Waals surface area contributed by atoms with Crippen LogP contribution in [0.15, 0.2) is 53.7 Å². The summed E-state index contributed by atoms with van der Waals surface area (Å²) >= 11 is 0. The average Bonchev–Trinajstić information content (AvgIpc) is 2.87. The van der Waals surface area contributed by atoms with Crippen molar-refractivity contribution in [2.45, 2.75) is 57.1 Å². The van der Waals surface area contributed by atoms with Crippen LogP contribution in [0.2, 0.25) is 0 Å². The standard InChI is InChI=1S/C27H32N6O4S/c1-18(2)37-23-10-7-19(17-29-23)21-9-8-20(25(30-21)33-15-13-27(14-16-33)11-4-12-27)26(34)32-38(35,36)24-6-3-5-22(28)31-24/h3,5-10,17-18H,4,11-16H2,1-2H3,(H2,28,31)(H,32,34). The zero-order valence-corrected chi connectivity index (χ0v) is 22.4. The van der Waals surface area contributed by atoms with Gasteiger partial charge in [-0.1, -0.05) is 12.5 Å². The molecule has 3 aromatic heterocycles. The molecule has 3 N–H and O–H groups in total. The zero-order chi connectivity index (χ0) is 26.9. The second kappa shape index (κ2) is 10.2. The van der Waals surface area contributed by atoms with Gasteiger partial charge in [0.15, 0.2) is 5.03 Å². The molecule has 1 amide bonds. The molecule has 38 heavy (non-hydrogen) atoms. The van der Waals surface area contributed by atoms with Crippen LogP contribution in [0.3, 0.4) is 0 Å². The number of hydrogen-bond acceptors (Lipinski definition) is 9. The van der Waals surface area contributed by atoms with E-state index < -0.39 is 15.9 Å². The van der Waals surface area contributed by atoms with E-state index in [1.165, 1.54) is 37.5 Å². The summed E-state index contributed by atoms with van der Waals surface area (Å²) in [7, 11) is -4.23. The molecular weight excluding hydrogens is 504 g/mol. The van der Waals surface area contributed by atoms with Crippen LogP contribution in [-0.4, -0.2) is 48.5 Å². The molecule has 10 nitrogen and oxygen atoms in total. The zero-order valence-electron chi connectivity index (χ0n) is 21.6. The lowest BCUT2D eigenvalue weighted by Gasteiger charge is -2.48. The maximum Gasteiger partial charge on any atom is 0.281 e. The fraction of sp³-hybridized carbons (Fsp3) is 0.407. The van der Waals surface area contributed by atoms with Crippen LogP contribution in [-0.2, 0) is 10.0 Å². The lowest BCUT2D eigenvalue weighted by Crippen LogP contribution is -2.44. The monoisotopic (exact) mass is 536 g/mol. The molecule has 1 spiro atoms. The SMILES string of the molecule is CC(C)Oc1ccc(-c2ccc(C(=O)NS(=O)(=O)c3cccc(N)n3)c(N3CCC4(CCC4)CC3)n2)cn1. The Morgan fingerprint density at radius 3 is 2.42 bits per heavy atom. The van der Waals surface area contributed by atoms with Gasteiger partial charge in [-0.05, 0) is 75.3 Å². The number of carbonyl (C=O) groups is 1. The first kappa shape index (κ1) is 25.9. The Balaban J connectivity index is 1.46. The fourth-order valence-electron chi connectivity index (χ4n) is 5.05. The molecule has 1 aliphatic heterocycles. The number of rotatable bonds is 7. The van der Waals surface area contributed by atoms with Crippen molar-refractivity contribution in [3.05, 3.63) is 54.2 Å². The number of hydrogen-bond donors (Lipinski definition) is 2. The first-order valence-corrected chi connectivity index (χ1v) is 14.3. The summed E-state index contributed by atoms with van der Waals surface area (Å²) < 4.78 is 33.5. The molecule has 0 radical (unpaired) electrons. The number of nitrogens with zero attached hydrogens (tertiary/aromatic N) is 4. The summed E-state index contributed by atoms with van der Waals surface area (Å²) in [4.78, 5) is 28.5. The largest absolute Gasteiger partial charge is 0.475 e. The number of sulfonamides is 1. The van der Waals surface area contributed by atoms with E-state index >= 15 is 0 Å². The van der Waals surface area contributed by atoms with Crippen molar-refractivity contribution in [3.8, 4) is 17.1 Å². The molecular formula is C27H32N6O4S. The number of nitrogens with two attached hydrogens (primary N) is 1. The highest BCUT2D eigenvalue weighted by atomic mass is 32.2. The molecule has 0 aromatic carbocycles. The van der Waals surface area contributed by atoms with Crippen molar-refractivity contribution in [3.63, 3.8) is 0 Å². The van der Waals surface area contributed by atoms with Crippen LogP contribution in [0.25, 0.3) is 11.3 Å². The Morgan fingerprint density at radius 2 is 1.82 bits per heavy atom. The molecule has 3 aromatic rings. The van der Waals surface area contributed by atoms with Crippen LogP contribution < -0.4 is 20.1 Å². The second-order valence-electron chi connectivity index (χ2n) is 10.3.